The summed E-state index contributed by atoms with van der Waals surface area (Å²) in [7, 11) is 1.65. The number of piperidine rings is 1. The Morgan fingerprint density at radius 2 is 2.06 bits per heavy atom. The van der Waals surface area contributed by atoms with Crippen molar-refractivity contribution in [1.82, 2.24) is 4.98 Å². The summed E-state index contributed by atoms with van der Waals surface area (Å²) in [6.45, 7) is 2.15. The lowest BCUT2D eigenvalue weighted by Crippen LogP contribution is -2.48. The zero-order chi connectivity index (χ0) is 11.8. The largest absolute Gasteiger partial charge is 0.481 e. The summed E-state index contributed by atoms with van der Waals surface area (Å²) in [6, 6.07) is 4.48. The lowest BCUT2D eigenvalue weighted by atomic mass is 9.93. The number of nitrogens with two attached hydrogens (primary N) is 1. The lowest BCUT2D eigenvalue weighted by molar-refractivity contribution is 0.355. The van der Waals surface area contributed by atoms with Crippen molar-refractivity contribution in [3.8, 4) is 5.88 Å². The van der Waals surface area contributed by atoms with E-state index in [1.54, 1.807) is 7.11 Å². The highest BCUT2D eigenvalue weighted by molar-refractivity contribution is 5.49. The van der Waals surface area contributed by atoms with E-state index in [-0.39, 0.29) is 0 Å². The van der Waals surface area contributed by atoms with Gasteiger partial charge in [-0.05, 0) is 30.7 Å². The van der Waals surface area contributed by atoms with Crippen LogP contribution in [0, 0.1) is 11.8 Å². The maximum atomic E-state index is 6.22. The van der Waals surface area contributed by atoms with Crippen LogP contribution < -0.4 is 15.4 Å². The molecule has 1 saturated heterocycles. The van der Waals surface area contributed by atoms with Gasteiger partial charge >= 0.3 is 0 Å². The molecule has 1 aliphatic carbocycles. The first-order valence-corrected chi connectivity index (χ1v) is 6.28. The molecule has 2 fully saturated rings. The van der Waals surface area contributed by atoms with E-state index in [1.807, 2.05) is 12.3 Å². The summed E-state index contributed by atoms with van der Waals surface area (Å²) in [5.41, 5.74) is 7.43. The number of ether oxygens (including phenoxy) is 1. The molecule has 1 aromatic rings. The van der Waals surface area contributed by atoms with Crippen LogP contribution in [0.5, 0.6) is 5.88 Å². The first-order valence-electron chi connectivity index (χ1n) is 6.28. The monoisotopic (exact) mass is 233 g/mol. The molecule has 0 spiro atoms. The van der Waals surface area contributed by atoms with Crippen LogP contribution in [0.15, 0.2) is 18.3 Å². The minimum Gasteiger partial charge on any atom is -0.481 e. The highest BCUT2D eigenvalue weighted by Crippen LogP contribution is 2.37. The molecule has 2 heterocycles. The average Bonchev–Trinajstić information content (AvgIpc) is 2.61. The molecule has 1 saturated carbocycles. The van der Waals surface area contributed by atoms with Crippen molar-refractivity contribution < 1.29 is 4.74 Å². The summed E-state index contributed by atoms with van der Waals surface area (Å²) < 4.78 is 5.17. The number of fused-ring (bicyclic) bond motifs is 2. The lowest BCUT2D eigenvalue weighted by Gasteiger charge is -2.37. The number of methoxy groups -OCH3 is 1. The van der Waals surface area contributed by atoms with E-state index in [9.17, 15) is 0 Å². The van der Waals surface area contributed by atoms with Gasteiger partial charge in [-0.2, -0.15) is 0 Å². The summed E-state index contributed by atoms with van der Waals surface area (Å²) in [6.07, 6.45) is 4.37. The predicted octanol–water partition coefficient (Wildman–Crippen LogP) is 1.26. The van der Waals surface area contributed by atoms with Gasteiger partial charge in [-0.25, -0.2) is 4.98 Å². The number of hydrogen-bond donors (Lipinski definition) is 1. The zero-order valence-electron chi connectivity index (χ0n) is 10.2. The fourth-order valence-electron chi connectivity index (χ4n) is 3.18. The molecule has 2 N–H and O–H groups in total. The van der Waals surface area contributed by atoms with Gasteiger partial charge in [0.2, 0.25) is 5.88 Å². The van der Waals surface area contributed by atoms with Gasteiger partial charge in [-0.1, -0.05) is 0 Å². The van der Waals surface area contributed by atoms with Crippen molar-refractivity contribution in [2.24, 2.45) is 17.6 Å². The second-order valence-electron chi connectivity index (χ2n) is 5.14. The van der Waals surface area contributed by atoms with Crippen LogP contribution in [-0.2, 0) is 0 Å². The Morgan fingerprint density at radius 1 is 1.35 bits per heavy atom. The summed E-state index contributed by atoms with van der Waals surface area (Å²) in [4.78, 5) is 6.57. The molecule has 2 bridgehead atoms. The number of hydrogen-bond acceptors (Lipinski definition) is 4. The highest BCUT2D eigenvalue weighted by Gasteiger charge is 2.39. The second kappa shape index (κ2) is 4.18. The van der Waals surface area contributed by atoms with E-state index < -0.39 is 0 Å². The van der Waals surface area contributed by atoms with Gasteiger partial charge < -0.3 is 15.4 Å². The molecule has 1 aliphatic heterocycles. The summed E-state index contributed by atoms with van der Waals surface area (Å²) in [5.74, 6) is 2.01. The van der Waals surface area contributed by atoms with E-state index in [4.69, 9.17) is 10.5 Å². The molecular formula is C13H19N3O. The van der Waals surface area contributed by atoms with Gasteiger partial charge in [0.1, 0.15) is 0 Å². The minimum atomic E-state index is 0.412. The van der Waals surface area contributed by atoms with Crippen LogP contribution in [0.3, 0.4) is 0 Å². The molecule has 4 nitrogen and oxygen atoms in total. The topological polar surface area (TPSA) is 51.4 Å². The van der Waals surface area contributed by atoms with Crippen LogP contribution in [0.25, 0.3) is 0 Å². The molecule has 1 unspecified atom stereocenters. The van der Waals surface area contributed by atoms with Crippen LogP contribution in [-0.4, -0.2) is 31.2 Å². The van der Waals surface area contributed by atoms with E-state index in [1.165, 1.54) is 18.5 Å². The maximum Gasteiger partial charge on any atom is 0.214 e. The zero-order valence-corrected chi connectivity index (χ0v) is 10.2. The maximum absolute atomic E-state index is 6.22. The smallest absolute Gasteiger partial charge is 0.214 e. The molecule has 3 atom stereocenters. The van der Waals surface area contributed by atoms with E-state index in [0.717, 1.165) is 13.1 Å². The van der Waals surface area contributed by atoms with E-state index >= 15 is 0 Å². The Labute approximate surface area is 102 Å². The van der Waals surface area contributed by atoms with E-state index in [0.29, 0.717) is 23.8 Å². The minimum absolute atomic E-state index is 0.412. The van der Waals surface area contributed by atoms with Crippen molar-refractivity contribution >= 4 is 5.69 Å². The van der Waals surface area contributed by atoms with Crippen LogP contribution >= 0.6 is 0 Å². The quantitative estimate of drug-likeness (QED) is 0.835. The SMILES string of the molecule is COc1cc(N2C[C@H]3CC[C@@H](C2)C3N)ccn1. The molecule has 92 valence electrons. The second-order valence-corrected chi connectivity index (χ2v) is 5.14. The number of anilines is 1. The van der Waals surface area contributed by atoms with Crippen LogP contribution in [0.1, 0.15) is 12.8 Å². The normalized spacial score (nSPS) is 31.6. The molecular weight excluding hydrogens is 214 g/mol. The molecule has 3 rings (SSSR count). The average molecular weight is 233 g/mol. The summed E-state index contributed by atoms with van der Waals surface area (Å²) >= 11 is 0. The molecule has 0 aromatic carbocycles. The van der Waals surface area contributed by atoms with Crippen LogP contribution in [0.4, 0.5) is 5.69 Å². The molecule has 2 aliphatic rings. The molecule has 0 radical (unpaired) electrons. The van der Waals surface area contributed by atoms with Crippen molar-refractivity contribution in [3.63, 3.8) is 0 Å². The third kappa shape index (κ3) is 1.86. The number of nitrogens with zero attached hydrogens (tertiary/aromatic N) is 2. The summed E-state index contributed by atoms with van der Waals surface area (Å²) in [5, 5.41) is 0. The third-order valence-electron chi connectivity index (χ3n) is 4.20. The predicted molar refractivity (Wildman–Crippen MR) is 67.2 cm³/mol. The fourth-order valence-corrected chi connectivity index (χ4v) is 3.18. The van der Waals surface area contributed by atoms with Crippen molar-refractivity contribution in [2.45, 2.75) is 18.9 Å². The molecule has 1 aromatic heterocycles. The van der Waals surface area contributed by atoms with Gasteiger partial charge in [-0.3, -0.25) is 0 Å². The van der Waals surface area contributed by atoms with Crippen molar-refractivity contribution in [3.05, 3.63) is 18.3 Å². The first-order chi connectivity index (χ1) is 8.28. The Bertz CT molecular complexity index is 395. The number of aromatic nitrogens is 1. The Morgan fingerprint density at radius 3 is 2.71 bits per heavy atom. The first kappa shape index (κ1) is 10.8. The van der Waals surface area contributed by atoms with Gasteiger partial charge in [0.25, 0.3) is 0 Å². The number of rotatable bonds is 2. The van der Waals surface area contributed by atoms with Crippen molar-refractivity contribution in [1.29, 1.82) is 0 Å². The van der Waals surface area contributed by atoms with Gasteiger partial charge in [0.15, 0.2) is 0 Å². The van der Waals surface area contributed by atoms with Gasteiger partial charge in [-0.15, -0.1) is 0 Å². The Balaban J connectivity index is 1.81. The van der Waals surface area contributed by atoms with Gasteiger partial charge in [0, 0.05) is 37.1 Å². The standard InChI is InChI=1S/C13H19N3O/c1-17-12-6-11(4-5-15-12)16-7-9-2-3-10(8-16)13(9)14/h4-6,9-10,13H,2-3,7-8,14H2,1H3/t9-,10+,13?. The molecule has 0 amide bonds. The third-order valence-corrected chi connectivity index (χ3v) is 4.20. The molecule has 17 heavy (non-hydrogen) atoms. The van der Waals surface area contributed by atoms with E-state index in [2.05, 4.69) is 16.0 Å². The van der Waals surface area contributed by atoms with Crippen LogP contribution in [0.2, 0.25) is 0 Å². The van der Waals surface area contributed by atoms with Gasteiger partial charge in [0.05, 0.1) is 7.11 Å². The highest BCUT2D eigenvalue weighted by atomic mass is 16.5. The number of pyridine rings is 1. The fraction of sp³-hybridized carbons (Fsp3) is 0.615. The Hall–Kier alpha value is -1.29. The Kier molecular flexibility index (Phi) is 2.67. The molecule has 4 heteroatoms. The van der Waals surface area contributed by atoms with Crippen molar-refractivity contribution in [2.75, 3.05) is 25.1 Å².